The van der Waals surface area contributed by atoms with Gasteiger partial charge in [-0.15, -0.1) is 0 Å². The van der Waals surface area contributed by atoms with Crippen LogP contribution in [0.2, 0.25) is 5.02 Å². The molecular weight excluding hydrogens is 532 g/mol. The van der Waals surface area contributed by atoms with Gasteiger partial charge in [-0.2, -0.15) is 0 Å². The molecule has 0 aliphatic heterocycles. The van der Waals surface area contributed by atoms with Crippen molar-refractivity contribution in [3.8, 4) is 0 Å². The molecule has 0 spiro atoms. The molecule has 0 amide bonds. The highest BCUT2D eigenvalue weighted by Crippen LogP contribution is 2.35. The SMILES string of the molecule is C[C@H](NS(C)(=O)=O)c1ccc(S(=O)(=O)c2ccc(Cl)cc2S(=O)(=O)c2c(F)cccc2F)cc1. The van der Waals surface area contributed by atoms with Gasteiger partial charge >= 0.3 is 0 Å². The largest absolute Gasteiger partial charge is 0.218 e. The number of sulfonamides is 1. The molecule has 1 atom stereocenters. The Kier molecular flexibility index (Phi) is 7.21. The fourth-order valence-corrected chi connectivity index (χ4v) is 7.69. The Morgan fingerprint density at radius 1 is 0.794 bits per heavy atom. The number of halogens is 3. The molecule has 0 bridgehead atoms. The van der Waals surface area contributed by atoms with Crippen LogP contribution in [0, 0.1) is 11.6 Å². The second-order valence-electron chi connectivity index (χ2n) is 7.33. The summed E-state index contributed by atoms with van der Waals surface area (Å²) in [7, 11) is -13.0. The van der Waals surface area contributed by atoms with Crippen LogP contribution in [0.25, 0.3) is 0 Å². The normalized spacial score (nSPS) is 13.6. The van der Waals surface area contributed by atoms with Gasteiger partial charge in [0.05, 0.1) is 20.9 Å². The molecule has 1 N–H and O–H groups in total. The third kappa shape index (κ3) is 5.31. The summed E-state index contributed by atoms with van der Waals surface area (Å²) in [5.74, 6) is -2.78. The van der Waals surface area contributed by atoms with Crippen molar-refractivity contribution in [2.24, 2.45) is 0 Å². The van der Waals surface area contributed by atoms with Crippen LogP contribution in [0.1, 0.15) is 18.5 Å². The zero-order valence-corrected chi connectivity index (χ0v) is 20.9. The van der Waals surface area contributed by atoms with E-state index in [4.69, 9.17) is 11.6 Å². The molecule has 0 unspecified atom stereocenters. The molecule has 0 fully saturated rings. The number of hydrogen-bond acceptors (Lipinski definition) is 6. The minimum atomic E-state index is -4.98. The highest BCUT2D eigenvalue weighted by Gasteiger charge is 2.33. The number of benzene rings is 3. The standard InChI is InChI=1S/C21H18ClF2NO6S3/c1-13(25-32(2,26)27)14-6-9-16(10-7-14)33(28,29)19-11-8-15(22)12-20(19)34(30,31)21-17(23)4-3-5-18(21)24/h3-13,25H,1-2H3/t13-/m0/s1. The van der Waals surface area contributed by atoms with Crippen molar-refractivity contribution < 1.29 is 34.0 Å². The quantitative estimate of drug-likeness (QED) is 0.478. The van der Waals surface area contributed by atoms with Crippen LogP contribution < -0.4 is 4.72 Å². The molecule has 0 aliphatic rings. The number of hydrogen-bond donors (Lipinski definition) is 1. The Hall–Kier alpha value is -2.38. The molecule has 3 aromatic rings. The van der Waals surface area contributed by atoms with E-state index in [-0.39, 0.29) is 9.92 Å². The lowest BCUT2D eigenvalue weighted by molar-refractivity contribution is 0.518. The van der Waals surface area contributed by atoms with Gasteiger partial charge in [0.1, 0.15) is 16.5 Å². The summed E-state index contributed by atoms with van der Waals surface area (Å²) >= 11 is 5.89. The van der Waals surface area contributed by atoms with Gasteiger partial charge in [0.15, 0.2) is 0 Å². The molecule has 0 heterocycles. The van der Waals surface area contributed by atoms with Crippen LogP contribution in [0.4, 0.5) is 8.78 Å². The monoisotopic (exact) mass is 549 g/mol. The van der Waals surface area contributed by atoms with Gasteiger partial charge in [-0.3, -0.25) is 0 Å². The van der Waals surface area contributed by atoms with E-state index in [0.717, 1.165) is 42.7 Å². The second-order valence-corrected chi connectivity index (χ2v) is 13.3. The molecule has 13 heteroatoms. The summed E-state index contributed by atoms with van der Waals surface area (Å²) in [5.41, 5.74) is 0.446. The lowest BCUT2D eigenvalue weighted by Crippen LogP contribution is -2.25. The molecular formula is C21H18ClF2NO6S3. The van der Waals surface area contributed by atoms with Crippen molar-refractivity contribution >= 4 is 41.3 Å². The molecule has 0 saturated carbocycles. The van der Waals surface area contributed by atoms with Gasteiger partial charge < -0.3 is 0 Å². The number of nitrogens with one attached hydrogen (secondary N) is 1. The maximum Gasteiger partial charge on any atom is 0.213 e. The van der Waals surface area contributed by atoms with Crippen molar-refractivity contribution in [3.63, 3.8) is 0 Å². The zero-order valence-electron chi connectivity index (χ0n) is 17.7. The van der Waals surface area contributed by atoms with Crippen molar-refractivity contribution in [2.45, 2.75) is 32.5 Å². The summed E-state index contributed by atoms with van der Waals surface area (Å²) in [6, 6.07) is 9.71. The second kappa shape index (κ2) is 9.34. The molecule has 7 nitrogen and oxygen atoms in total. The van der Waals surface area contributed by atoms with Gasteiger partial charge in [0.2, 0.25) is 29.7 Å². The molecule has 0 aliphatic carbocycles. The summed E-state index contributed by atoms with van der Waals surface area (Å²) < 4.78 is 107. The fourth-order valence-electron chi connectivity index (χ4n) is 3.21. The fraction of sp³-hybridized carbons (Fsp3) is 0.143. The zero-order chi connectivity index (χ0) is 25.5. The summed E-state index contributed by atoms with van der Waals surface area (Å²) in [6.07, 6.45) is 0.975. The van der Waals surface area contributed by atoms with E-state index in [1.54, 1.807) is 6.92 Å². The Morgan fingerprint density at radius 2 is 1.35 bits per heavy atom. The first-order valence-corrected chi connectivity index (χ1v) is 14.7. The molecule has 3 rings (SSSR count). The lowest BCUT2D eigenvalue weighted by Gasteiger charge is -2.15. The van der Waals surface area contributed by atoms with Crippen LogP contribution in [-0.2, 0) is 29.7 Å². The first-order chi connectivity index (χ1) is 15.6. The van der Waals surface area contributed by atoms with Crippen LogP contribution in [0.3, 0.4) is 0 Å². The van der Waals surface area contributed by atoms with Gasteiger partial charge in [-0.1, -0.05) is 29.8 Å². The number of sulfone groups is 2. The van der Waals surface area contributed by atoms with E-state index in [1.807, 2.05) is 0 Å². The van der Waals surface area contributed by atoms with E-state index in [0.29, 0.717) is 5.56 Å². The Morgan fingerprint density at radius 3 is 1.88 bits per heavy atom. The maximum atomic E-state index is 14.3. The predicted octanol–water partition coefficient (Wildman–Crippen LogP) is 3.89. The minimum absolute atomic E-state index is 0.162. The Bertz CT molecular complexity index is 1550. The first-order valence-electron chi connectivity index (χ1n) is 9.45. The third-order valence-corrected chi connectivity index (χ3v) is 9.57. The van der Waals surface area contributed by atoms with E-state index in [2.05, 4.69) is 4.72 Å². The van der Waals surface area contributed by atoms with Crippen molar-refractivity contribution in [1.29, 1.82) is 0 Å². The van der Waals surface area contributed by atoms with Crippen molar-refractivity contribution in [3.05, 3.63) is 82.9 Å². The number of rotatable bonds is 7. The van der Waals surface area contributed by atoms with E-state index >= 15 is 0 Å². The van der Waals surface area contributed by atoms with E-state index < -0.39 is 62.1 Å². The summed E-state index contributed by atoms with van der Waals surface area (Å²) in [4.78, 5) is -3.24. The topological polar surface area (TPSA) is 114 Å². The van der Waals surface area contributed by atoms with E-state index in [1.165, 1.54) is 24.3 Å². The molecule has 182 valence electrons. The molecule has 0 radical (unpaired) electrons. The highest BCUT2D eigenvalue weighted by molar-refractivity contribution is 7.94. The van der Waals surface area contributed by atoms with Crippen molar-refractivity contribution in [1.82, 2.24) is 4.72 Å². The van der Waals surface area contributed by atoms with Gasteiger partial charge in [0, 0.05) is 11.1 Å². The van der Waals surface area contributed by atoms with E-state index in [9.17, 15) is 34.0 Å². The molecule has 3 aromatic carbocycles. The molecule has 34 heavy (non-hydrogen) atoms. The maximum absolute atomic E-state index is 14.3. The minimum Gasteiger partial charge on any atom is -0.218 e. The smallest absolute Gasteiger partial charge is 0.213 e. The van der Waals surface area contributed by atoms with Gasteiger partial charge in [0.25, 0.3) is 0 Å². The predicted molar refractivity (Wildman–Crippen MR) is 122 cm³/mol. The highest BCUT2D eigenvalue weighted by atomic mass is 35.5. The van der Waals surface area contributed by atoms with Crippen molar-refractivity contribution in [2.75, 3.05) is 6.26 Å². The van der Waals surface area contributed by atoms with Gasteiger partial charge in [-0.25, -0.2) is 38.8 Å². The molecule has 0 saturated heterocycles. The third-order valence-electron chi connectivity index (χ3n) is 4.75. The molecule has 0 aromatic heterocycles. The average molecular weight is 550 g/mol. The lowest BCUT2D eigenvalue weighted by atomic mass is 10.1. The van der Waals surface area contributed by atoms with Crippen LogP contribution in [-0.4, -0.2) is 31.5 Å². The Balaban J connectivity index is 2.14. The van der Waals surface area contributed by atoms with Crippen LogP contribution in [0.15, 0.2) is 80.2 Å². The van der Waals surface area contributed by atoms with Gasteiger partial charge in [-0.05, 0) is 55.0 Å². The van der Waals surface area contributed by atoms with Crippen LogP contribution >= 0.6 is 11.6 Å². The summed E-state index contributed by atoms with van der Waals surface area (Å²) in [6.45, 7) is 1.55. The Labute approximate surface area is 201 Å². The average Bonchev–Trinajstić information content (AvgIpc) is 2.72. The summed E-state index contributed by atoms with van der Waals surface area (Å²) in [5, 5.41) is -0.162. The van der Waals surface area contributed by atoms with Crippen LogP contribution in [0.5, 0.6) is 0 Å². The first kappa shape index (κ1) is 26.2.